The number of rotatable bonds is 4. The van der Waals surface area contributed by atoms with E-state index in [1.165, 1.54) is 5.56 Å². The molecule has 2 rings (SSSR count). The van der Waals surface area contributed by atoms with E-state index in [2.05, 4.69) is 31.1 Å². The largest absolute Gasteiger partial charge is 0.461 e. The van der Waals surface area contributed by atoms with Crippen molar-refractivity contribution in [2.45, 2.75) is 26.7 Å². The van der Waals surface area contributed by atoms with Crippen LogP contribution >= 0.6 is 0 Å². The van der Waals surface area contributed by atoms with Gasteiger partial charge in [-0.05, 0) is 36.6 Å². The molecule has 1 aromatic carbocycles. The van der Waals surface area contributed by atoms with Crippen molar-refractivity contribution in [3.05, 3.63) is 47.8 Å². The molecule has 0 amide bonds. The predicted octanol–water partition coefficient (Wildman–Crippen LogP) is 3.17. The van der Waals surface area contributed by atoms with E-state index in [-0.39, 0.29) is 5.97 Å². The second-order valence-electron chi connectivity index (χ2n) is 4.61. The summed E-state index contributed by atoms with van der Waals surface area (Å²) in [5.74, 6) is 0.113. The van der Waals surface area contributed by atoms with Crippen LogP contribution in [0, 0.1) is 0 Å². The molecule has 0 bridgehead atoms. The number of nitrogens with zero attached hydrogens (tertiary/aromatic N) is 2. The van der Waals surface area contributed by atoms with Gasteiger partial charge in [0.25, 0.3) is 0 Å². The average Bonchev–Trinajstić information content (AvgIpc) is 2.89. The van der Waals surface area contributed by atoms with Crippen LogP contribution in [0.15, 0.2) is 36.5 Å². The molecule has 0 atom stereocenters. The first kappa shape index (κ1) is 13.3. The SMILES string of the molecule is CCOC(=O)c1ccn(-c2ccc(C(C)C)cc2)n1. The van der Waals surface area contributed by atoms with E-state index in [0.717, 1.165) is 5.69 Å². The molecule has 0 spiro atoms. The van der Waals surface area contributed by atoms with Crippen molar-refractivity contribution in [2.75, 3.05) is 6.61 Å². The molecule has 0 radical (unpaired) electrons. The number of hydrogen-bond donors (Lipinski definition) is 0. The normalized spacial score (nSPS) is 10.7. The van der Waals surface area contributed by atoms with Crippen LogP contribution in [0.25, 0.3) is 5.69 Å². The molecule has 0 saturated heterocycles. The van der Waals surface area contributed by atoms with E-state index >= 15 is 0 Å². The molecule has 100 valence electrons. The van der Waals surface area contributed by atoms with Gasteiger partial charge in [0.1, 0.15) is 0 Å². The molecule has 0 N–H and O–H groups in total. The zero-order valence-corrected chi connectivity index (χ0v) is 11.5. The van der Waals surface area contributed by atoms with E-state index < -0.39 is 0 Å². The van der Waals surface area contributed by atoms with E-state index in [4.69, 9.17) is 4.74 Å². The lowest BCUT2D eigenvalue weighted by Gasteiger charge is -2.06. The molecular weight excluding hydrogens is 240 g/mol. The number of esters is 1. The standard InChI is InChI=1S/C15H18N2O2/c1-4-19-15(18)14-9-10-17(16-14)13-7-5-12(6-8-13)11(2)3/h5-11H,4H2,1-3H3. The van der Waals surface area contributed by atoms with Crippen LogP contribution in [0.3, 0.4) is 0 Å². The lowest BCUT2D eigenvalue weighted by Crippen LogP contribution is -2.06. The highest BCUT2D eigenvalue weighted by Crippen LogP contribution is 2.16. The molecule has 0 fully saturated rings. The van der Waals surface area contributed by atoms with Crippen LogP contribution in [-0.2, 0) is 4.74 Å². The Morgan fingerprint density at radius 1 is 1.26 bits per heavy atom. The highest BCUT2D eigenvalue weighted by molar-refractivity contribution is 5.87. The van der Waals surface area contributed by atoms with Gasteiger partial charge in [0.05, 0.1) is 12.3 Å². The van der Waals surface area contributed by atoms with Crippen LogP contribution in [0.5, 0.6) is 0 Å². The number of aromatic nitrogens is 2. The van der Waals surface area contributed by atoms with Crippen LogP contribution in [0.1, 0.15) is 42.7 Å². The van der Waals surface area contributed by atoms with Crippen LogP contribution in [0.2, 0.25) is 0 Å². The predicted molar refractivity (Wildman–Crippen MR) is 73.6 cm³/mol. The minimum atomic E-state index is -0.389. The third-order valence-corrected chi connectivity index (χ3v) is 2.90. The van der Waals surface area contributed by atoms with Crippen LogP contribution in [0.4, 0.5) is 0 Å². The first-order chi connectivity index (χ1) is 9.11. The summed E-state index contributed by atoms with van der Waals surface area (Å²) in [7, 11) is 0. The number of carbonyl (C=O) groups is 1. The van der Waals surface area contributed by atoms with E-state index in [1.54, 1.807) is 23.9 Å². The highest BCUT2D eigenvalue weighted by atomic mass is 16.5. The summed E-state index contributed by atoms with van der Waals surface area (Å²) in [6.07, 6.45) is 1.76. The molecule has 0 aliphatic heterocycles. The van der Waals surface area contributed by atoms with Gasteiger partial charge in [-0.2, -0.15) is 5.10 Å². The van der Waals surface area contributed by atoms with Gasteiger partial charge in [-0.1, -0.05) is 26.0 Å². The first-order valence-corrected chi connectivity index (χ1v) is 6.45. The second-order valence-corrected chi connectivity index (χ2v) is 4.61. The Hall–Kier alpha value is -2.10. The molecule has 0 saturated carbocycles. The molecule has 0 aliphatic rings. The number of benzene rings is 1. The zero-order chi connectivity index (χ0) is 13.8. The zero-order valence-electron chi connectivity index (χ0n) is 11.5. The van der Waals surface area contributed by atoms with E-state index in [1.807, 2.05) is 12.1 Å². The monoisotopic (exact) mass is 258 g/mol. The quantitative estimate of drug-likeness (QED) is 0.791. The maximum Gasteiger partial charge on any atom is 0.358 e. The van der Waals surface area contributed by atoms with Crippen molar-refractivity contribution in [1.29, 1.82) is 0 Å². The Morgan fingerprint density at radius 2 is 1.95 bits per heavy atom. The van der Waals surface area contributed by atoms with Gasteiger partial charge in [-0.3, -0.25) is 0 Å². The topological polar surface area (TPSA) is 44.1 Å². The van der Waals surface area contributed by atoms with E-state index in [9.17, 15) is 4.79 Å². The minimum absolute atomic E-state index is 0.329. The Kier molecular flexibility index (Phi) is 4.00. The Labute approximate surface area is 113 Å². The highest BCUT2D eigenvalue weighted by Gasteiger charge is 2.10. The summed E-state index contributed by atoms with van der Waals surface area (Å²) in [5, 5.41) is 4.22. The third kappa shape index (κ3) is 3.02. The van der Waals surface area contributed by atoms with Gasteiger partial charge in [0.15, 0.2) is 5.69 Å². The van der Waals surface area contributed by atoms with Crippen LogP contribution < -0.4 is 0 Å². The molecule has 1 heterocycles. The molecule has 19 heavy (non-hydrogen) atoms. The Bertz CT molecular complexity index is 556. The van der Waals surface area contributed by atoms with Gasteiger partial charge in [-0.15, -0.1) is 0 Å². The Balaban J connectivity index is 2.20. The lowest BCUT2D eigenvalue weighted by atomic mass is 10.0. The maximum absolute atomic E-state index is 11.5. The third-order valence-electron chi connectivity index (χ3n) is 2.90. The summed E-state index contributed by atoms with van der Waals surface area (Å²) < 4.78 is 6.59. The number of carbonyl (C=O) groups excluding carboxylic acids is 1. The molecule has 2 aromatic rings. The van der Waals surface area contributed by atoms with Gasteiger partial charge in [0.2, 0.25) is 0 Å². The van der Waals surface area contributed by atoms with Crippen molar-refractivity contribution < 1.29 is 9.53 Å². The molecule has 0 aliphatic carbocycles. The molecule has 4 heteroatoms. The number of hydrogen-bond acceptors (Lipinski definition) is 3. The van der Waals surface area contributed by atoms with Crippen molar-refractivity contribution >= 4 is 5.97 Å². The molecule has 4 nitrogen and oxygen atoms in total. The summed E-state index contributed by atoms with van der Waals surface area (Å²) in [6.45, 7) is 6.44. The summed E-state index contributed by atoms with van der Waals surface area (Å²) in [5.41, 5.74) is 2.54. The summed E-state index contributed by atoms with van der Waals surface area (Å²) in [4.78, 5) is 11.5. The fourth-order valence-corrected chi connectivity index (χ4v) is 1.79. The average molecular weight is 258 g/mol. The molecule has 0 unspecified atom stereocenters. The van der Waals surface area contributed by atoms with Gasteiger partial charge < -0.3 is 4.74 Å². The van der Waals surface area contributed by atoms with Crippen molar-refractivity contribution in [2.24, 2.45) is 0 Å². The van der Waals surface area contributed by atoms with Crippen molar-refractivity contribution in [3.8, 4) is 5.69 Å². The summed E-state index contributed by atoms with van der Waals surface area (Å²) in [6, 6.07) is 9.81. The van der Waals surface area contributed by atoms with E-state index in [0.29, 0.717) is 18.2 Å². The Morgan fingerprint density at radius 3 is 2.53 bits per heavy atom. The second kappa shape index (κ2) is 5.69. The number of ether oxygens (including phenoxy) is 1. The van der Waals surface area contributed by atoms with Gasteiger partial charge >= 0.3 is 5.97 Å². The maximum atomic E-state index is 11.5. The van der Waals surface area contributed by atoms with Crippen LogP contribution in [-0.4, -0.2) is 22.4 Å². The lowest BCUT2D eigenvalue weighted by molar-refractivity contribution is 0.0519. The minimum Gasteiger partial charge on any atom is -0.461 e. The molecule has 1 aromatic heterocycles. The fraction of sp³-hybridized carbons (Fsp3) is 0.333. The van der Waals surface area contributed by atoms with Crippen molar-refractivity contribution in [1.82, 2.24) is 9.78 Å². The van der Waals surface area contributed by atoms with Gasteiger partial charge in [0, 0.05) is 6.20 Å². The summed E-state index contributed by atoms with van der Waals surface area (Å²) >= 11 is 0. The fourth-order valence-electron chi connectivity index (χ4n) is 1.79. The first-order valence-electron chi connectivity index (χ1n) is 6.45. The molecular formula is C15H18N2O2. The van der Waals surface area contributed by atoms with Crippen molar-refractivity contribution in [3.63, 3.8) is 0 Å². The smallest absolute Gasteiger partial charge is 0.358 e. The van der Waals surface area contributed by atoms with Gasteiger partial charge in [-0.25, -0.2) is 9.48 Å².